The quantitative estimate of drug-likeness (QED) is 0.701. The summed E-state index contributed by atoms with van der Waals surface area (Å²) in [5.74, 6) is 2.05. The fraction of sp³-hybridized carbons (Fsp3) is 0.300. The lowest BCUT2D eigenvalue weighted by atomic mass is 10.0. The molecule has 5 nitrogen and oxygen atoms in total. The lowest BCUT2D eigenvalue weighted by Gasteiger charge is -2.28. The highest BCUT2D eigenvalue weighted by atomic mass is 19.1. The van der Waals surface area contributed by atoms with Crippen LogP contribution in [0.5, 0.6) is 11.5 Å². The number of para-hydroxylation sites is 1. The number of fused-ring (bicyclic) bond motifs is 2. The van der Waals surface area contributed by atoms with Gasteiger partial charge in [-0.05, 0) is 42.7 Å². The second-order valence-corrected chi connectivity index (χ2v) is 6.59. The van der Waals surface area contributed by atoms with Gasteiger partial charge in [0.25, 0.3) is 0 Å². The maximum Gasteiger partial charge on any atom is 0.161 e. The molecular weight excluding hydrogens is 333 g/mol. The van der Waals surface area contributed by atoms with Gasteiger partial charge < -0.3 is 14.4 Å². The number of rotatable bonds is 2. The Balaban J connectivity index is 1.57. The van der Waals surface area contributed by atoms with E-state index in [1.807, 2.05) is 12.1 Å². The maximum absolute atomic E-state index is 14.1. The molecule has 0 aliphatic carbocycles. The summed E-state index contributed by atoms with van der Waals surface area (Å²) in [6, 6.07) is 11.3. The molecule has 1 atom stereocenters. The first-order chi connectivity index (χ1) is 12.8. The van der Waals surface area contributed by atoms with Gasteiger partial charge in [0.15, 0.2) is 11.5 Å². The standard InChI is InChI=1S/C20H18FN3O2/c21-15-4-1-3-14-19(15)22-12-23-20(14)24-8-2-5-16(24)13-6-7-17-18(11-13)26-10-9-25-17/h1,3-4,6-7,11-12,16H,2,5,8-10H2. The van der Waals surface area contributed by atoms with Crippen LogP contribution in [0.15, 0.2) is 42.7 Å². The van der Waals surface area contributed by atoms with Gasteiger partial charge >= 0.3 is 0 Å². The van der Waals surface area contributed by atoms with Crippen molar-refractivity contribution >= 4 is 16.7 Å². The molecule has 2 aromatic carbocycles. The van der Waals surface area contributed by atoms with Crippen molar-refractivity contribution in [3.8, 4) is 11.5 Å². The van der Waals surface area contributed by atoms with E-state index in [0.29, 0.717) is 18.7 Å². The first-order valence-electron chi connectivity index (χ1n) is 8.87. The van der Waals surface area contributed by atoms with Gasteiger partial charge in [-0.2, -0.15) is 0 Å². The number of ether oxygens (including phenoxy) is 2. The summed E-state index contributed by atoms with van der Waals surface area (Å²) in [6.07, 6.45) is 3.51. The van der Waals surface area contributed by atoms with E-state index in [1.54, 1.807) is 6.07 Å². The molecule has 26 heavy (non-hydrogen) atoms. The number of nitrogens with zero attached hydrogens (tertiary/aromatic N) is 3. The van der Waals surface area contributed by atoms with Crippen molar-refractivity contribution in [2.75, 3.05) is 24.7 Å². The van der Waals surface area contributed by atoms with Crippen molar-refractivity contribution < 1.29 is 13.9 Å². The topological polar surface area (TPSA) is 47.5 Å². The van der Waals surface area contributed by atoms with Crippen LogP contribution >= 0.6 is 0 Å². The average Bonchev–Trinajstić information content (AvgIpc) is 3.17. The van der Waals surface area contributed by atoms with Crippen LogP contribution < -0.4 is 14.4 Å². The first kappa shape index (κ1) is 15.4. The van der Waals surface area contributed by atoms with Crippen LogP contribution in [-0.2, 0) is 0 Å². The fourth-order valence-corrected chi connectivity index (χ4v) is 3.90. The molecule has 3 aromatic rings. The molecule has 0 radical (unpaired) electrons. The predicted octanol–water partition coefficient (Wildman–Crippen LogP) is 3.88. The number of hydrogen-bond donors (Lipinski definition) is 0. The Morgan fingerprint density at radius 2 is 1.92 bits per heavy atom. The van der Waals surface area contributed by atoms with E-state index in [9.17, 15) is 4.39 Å². The van der Waals surface area contributed by atoms with Crippen molar-refractivity contribution in [3.63, 3.8) is 0 Å². The molecule has 0 bridgehead atoms. The third-order valence-electron chi connectivity index (χ3n) is 5.07. The number of anilines is 1. The number of benzene rings is 2. The van der Waals surface area contributed by atoms with Gasteiger partial charge in [-0.1, -0.05) is 12.1 Å². The van der Waals surface area contributed by atoms with Crippen molar-refractivity contribution in [1.29, 1.82) is 0 Å². The summed E-state index contributed by atoms with van der Waals surface area (Å²) >= 11 is 0. The van der Waals surface area contributed by atoms with E-state index < -0.39 is 0 Å². The zero-order chi connectivity index (χ0) is 17.5. The van der Waals surface area contributed by atoms with Gasteiger partial charge in [-0.15, -0.1) is 0 Å². The molecule has 5 rings (SSSR count). The van der Waals surface area contributed by atoms with Gasteiger partial charge in [-0.25, -0.2) is 14.4 Å². The Bertz CT molecular complexity index is 978. The van der Waals surface area contributed by atoms with E-state index in [4.69, 9.17) is 9.47 Å². The molecule has 1 saturated heterocycles. The minimum Gasteiger partial charge on any atom is -0.486 e. The van der Waals surface area contributed by atoms with Crippen LogP contribution in [0.25, 0.3) is 10.9 Å². The van der Waals surface area contributed by atoms with Gasteiger partial charge in [0, 0.05) is 11.9 Å². The predicted molar refractivity (Wildman–Crippen MR) is 96.2 cm³/mol. The highest BCUT2D eigenvalue weighted by Crippen LogP contribution is 2.41. The molecule has 0 N–H and O–H groups in total. The number of halogens is 1. The molecule has 0 spiro atoms. The average molecular weight is 351 g/mol. The van der Waals surface area contributed by atoms with Crippen molar-refractivity contribution in [1.82, 2.24) is 9.97 Å². The van der Waals surface area contributed by atoms with Crippen molar-refractivity contribution in [3.05, 3.63) is 54.1 Å². The van der Waals surface area contributed by atoms with Crippen LogP contribution in [0.3, 0.4) is 0 Å². The number of hydrogen-bond acceptors (Lipinski definition) is 5. The lowest BCUT2D eigenvalue weighted by Crippen LogP contribution is -2.24. The number of aromatic nitrogens is 2. The molecule has 1 aromatic heterocycles. The second-order valence-electron chi connectivity index (χ2n) is 6.59. The zero-order valence-electron chi connectivity index (χ0n) is 14.2. The smallest absolute Gasteiger partial charge is 0.161 e. The molecule has 3 heterocycles. The zero-order valence-corrected chi connectivity index (χ0v) is 14.2. The summed E-state index contributed by atoms with van der Waals surface area (Å²) in [7, 11) is 0. The summed E-state index contributed by atoms with van der Waals surface area (Å²) in [5, 5.41) is 0.747. The minimum absolute atomic E-state index is 0.173. The summed E-state index contributed by atoms with van der Waals surface area (Å²) in [4.78, 5) is 10.8. The Hall–Kier alpha value is -2.89. The van der Waals surface area contributed by atoms with E-state index >= 15 is 0 Å². The Kier molecular flexibility index (Phi) is 3.62. The van der Waals surface area contributed by atoms with Crippen LogP contribution in [0.1, 0.15) is 24.4 Å². The van der Waals surface area contributed by atoms with Gasteiger partial charge in [0.1, 0.15) is 36.7 Å². The molecule has 2 aliphatic rings. The first-order valence-corrected chi connectivity index (χ1v) is 8.87. The van der Waals surface area contributed by atoms with Crippen LogP contribution in [-0.4, -0.2) is 29.7 Å². The van der Waals surface area contributed by atoms with Gasteiger partial charge in [-0.3, -0.25) is 0 Å². The van der Waals surface area contributed by atoms with E-state index in [-0.39, 0.29) is 11.9 Å². The van der Waals surface area contributed by atoms with E-state index in [0.717, 1.165) is 47.7 Å². The highest BCUT2D eigenvalue weighted by Gasteiger charge is 2.29. The SMILES string of the molecule is Fc1cccc2c(N3CCCC3c3ccc4c(c3)OCCO4)ncnc12. The molecule has 1 fully saturated rings. The summed E-state index contributed by atoms with van der Waals surface area (Å²) in [5.41, 5.74) is 1.53. The third-order valence-corrected chi connectivity index (χ3v) is 5.07. The molecule has 1 unspecified atom stereocenters. The van der Waals surface area contributed by atoms with Crippen LogP contribution in [0.2, 0.25) is 0 Å². The Morgan fingerprint density at radius 3 is 2.85 bits per heavy atom. The normalized spacial score (nSPS) is 19.1. The molecule has 6 heteroatoms. The minimum atomic E-state index is -0.318. The van der Waals surface area contributed by atoms with Crippen molar-refractivity contribution in [2.24, 2.45) is 0 Å². The molecule has 0 saturated carbocycles. The highest BCUT2D eigenvalue weighted by molar-refractivity contribution is 5.90. The maximum atomic E-state index is 14.1. The summed E-state index contributed by atoms with van der Waals surface area (Å²) < 4.78 is 25.5. The Labute approximate surface area is 150 Å². The van der Waals surface area contributed by atoms with Gasteiger partial charge in [0.2, 0.25) is 0 Å². The van der Waals surface area contributed by atoms with Crippen molar-refractivity contribution in [2.45, 2.75) is 18.9 Å². The molecule has 0 amide bonds. The van der Waals surface area contributed by atoms with Crippen LogP contribution in [0.4, 0.5) is 10.2 Å². The van der Waals surface area contributed by atoms with E-state index in [1.165, 1.54) is 12.4 Å². The fourth-order valence-electron chi connectivity index (χ4n) is 3.90. The van der Waals surface area contributed by atoms with E-state index in [2.05, 4.69) is 27.0 Å². The lowest BCUT2D eigenvalue weighted by molar-refractivity contribution is 0.171. The largest absolute Gasteiger partial charge is 0.486 e. The van der Waals surface area contributed by atoms with Crippen LogP contribution in [0, 0.1) is 5.82 Å². The monoisotopic (exact) mass is 351 g/mol. The Morgan fingerprint density at radius 1 is 1.04 bits per heavy atom. The van der Waals surface area contributed by atoms with Gasteiger partial charge in [0.05, 0.1) is 6.04 Å². The summed E-state index contributed by atoms with van der Waals surface area (Å²) in [6.45, 7) is 2.03. The molecule has 2 aliphatic heterocycles. The molecule has 132 valence electrons. The second kappa shape index (κ2) is 6.12. The molecular formula is C20H18FN3O2. The third kappa shape index (κ3) is 2.44.